The number of ether oxygens (including phenoxy) is 1. The molecule has 1 aromatic heterocycles. The molecule has 2 N–H and O–H groups in total. The number of hydrogen-bond donors (Lipinski definition) is 2. The van der Waals surface area contributed by atoms with E-state index in [4.69, 9.17) is 4.74 Å². The van der Waals surface area contributed by atoms with Crippen LogP contribution in [-0.4, -0.2) is 37.2 Å². The molecule has 0 bridgehead atoms. The molecule has 2 atom stereocenters. The molecule has 104 valence electrons. The van der Waals surface area contributed by atoms with Crippen LogP contribution in [0.3, 0.4) is 0 Å². The van der Waals surface area contributed by atoms with Gasteiger partial charge in [0.25, 0.3) is 5.91 Å². The van der Waals surface area contributed by atoms with Crippen LogP contribution in [0.1, 0.15) is 30.8 Å². The Morgan fingerprint density at radius 1 is 1.53 bits per heavy atom. The van der Waals surface area contributed by atoms with Crippen molar-refractivity contribution in [1.82, 2.24) is 10.3 Å². The van der Waals surface area contributed by atoms with Gasteiger partial charge in [-0.2, -0.15) is 0 Å². The molecule has 1 fully saturated rings. The summed E-state index contributed by atoms with van der Waals surface area (Å²) in [5.41, 5.74) is 1.43. The highest BCUT2D eigenvalue weighted by atomic mass is 16.5. The van der Waals surface area contributed by atoms with Gasteiger partial charge in [-0.1, -0.05) is 13.8 Å². The Morgan fingerprint density at radius 2 is 2.26 bits per heavy atom. The lowest BCUT2D eigenvalue weighted by Gasteiger charge is -2.51. The molecule has 0 aromatic carbocycles. The Labute approximate surface area is 113 Å². The van der Waals surface area contributed by atoms with Crippen LogP contribution in [0, 0.1) is 5.41 Å². The van der Waals surface area contributed by atoms with Crippen LogP contribution in [0.5, 0.6) is 0 Å². The number of hydrogen-bond acceptors (Lipinski definition) is 4. The summed E-state index contributed by atoms with van der Waals surface area (Å²) in [7, 11) is 3.35. The lowest BCUT2D eigenvalue weighted by atomic mass is 9.64. The fourth-order valence-corrected chi connectivity index (χ4v) is 2.50. The van der Waals surface area contributed by atoms with E-state index in [1.807, 2.05) is 6.07 Å². The van der Waals surface area contributed by atoms with Gasteiger partial charge in [-0.05, 0) is 18.6 Å². The van der Waals surface area contributed by atoms with Crippen molar-refractivity contribution in [2.45, 2.75) is 32.4 Å². The number of carbonyl (C=O) groups excluding carboxylic acids is 1. The van der Waals surface area contributed by atoms with E-state index < -0.39 is 0 Å². The van der Waals surface area contributed by atoms with E-state index in [1.54, 1.807) is 26.4 Å². The minimum absolute atomic E-state index is 0.0885. The molecule has 5 nitrogen and oxygen atoms in total. The van der Waals surface area contributed by atoms with Crippen molar-refractivity contribution in [3.63, 3.8) is 0 Å². The third kappa shape index (κ3) is 2.56. The summed E-state index contributed by atoms with van der Waals surface area (Å²) in [5.74, 6) is -0.175. The minimum Gasteiger partial charge on any atom is -0.381 e. The lowest BCUT2D eigenvalue weighted by Crippen LogP contribution is -2.57. The van der Waals surface area contributed by atoms with E-state index in [0.29, 0.717) is 11.7 Å². The number of amides is 1. The zero-order valence-electron chi connectivity index (χ0n) is 11.9. The van der Waals surface area contributed by atoms with E-state index in [1.165, 1.54) is 0 Å². The summed E-state index contributed by atoms with van der Waals surface area (Å²) >= 11 is 0. The van der Waals surface area contributed by atoms with Crippen LogP contribution in [0.25, 0.3) is 0 Å². The van der Waals surface area contributed by atoms with Crippen molar-refractivity contribution in [2.24, 2.45) is 5.41 Å². The summed E-state index contributed by atoms with van der Waals surface area (Å²) in [6, 6.07) is 4.00. The van der Waals surface area contributed by atoms with Crippen molar-refractivity contribution >= 4 is 11.6 Å². The van der Waals surface area contributed by atoms with E-state index in [2.05, 4.69) is 29.5 Å². The molecular weight excluding hydrogens is 242 g/mol. The molecule has 1 aliphatic carbocycles. The molecule has 1 aliphatic rings. The zero-order valence-corrected chi connectivity index (χ0v) is 11.9. The molecule has 5 heteroatoms. The van der Waals surface area contributed by atoms with Crippen molar-refractivity contribution in [2.75, 3.05) is 19.5 Å². The maximum Gasteiger partial charge on any atom is 0.269 e. The molecule has 1 aromatic rings. The number of pyridine rings is 1. The molecule has 0 spiro atoms. The van der Waals surface area contributed by atoms with Gasteiger partial charge in [-0.15, -0.1) is 0 Å². The van der Waals surface area contributed by atoms with Gasteiger partial charge in [0.2, 0.25) is 0 Å². The number of rotatable bonds is 4. The summed E-state index contributed by atoms with van der Waals surface area (Å²) < 4.78 is 5.43. The maximum absolute atomic E-state index is 11.5. The zero-order chi connectivity index (χ0) is 14.0. The Kier molecular flexibility index (Phi) is 3.75. The normalized spacial score (nSPS) is 24.4. The van der Waals surface area contributed by atoms with Crippen molar-refractivity contribution in [3.8, 4) is 0 Å². The van der Waals surface area contributed by atoms with E-state index in [-0.39, 0.29) is 17.4 Å². The topological polar surface area (TPSA) is 63.2 Å². The molecule has 0 aliphatic heterocycles. The van der Waals surface area contributed by atoms with Crippen molar-refractivity contribution < 1.29 is 9.53 Å². The third-order valence-corrected chi connectivity index (χ3v) is 4.02. The van der Waals surface area contributed by atoms with Crippen molar-refractivity contribution in [3.05, 3.63) is 24.0 Å². The molecule has 1 amide bonds. The molecule has 0 saturated heterocycles. The summed E-state index contributed by atoms with van der Waals surface area (Å²) in [4.78, 5) is 15.6. The fraction of sp³-hybridized carbons (Fsp3) is 0.571. The average Bonchev–Trinajstić information content (AvgIpc) is 2.42. The van der Waals surface area contributed by atoms with Crippen molar-refractivity contribution in [1.29, 1.82) is 0 Å². The van der Waals surface area contributed by atoms with Gasteiger partial charge in [0.15, 0.2) is 0 Å². The van der Waals surface area contributed by atoms with Gasteiger partial charge in [0.05, 0.1) is 6.10 Å². The highest BCUT2D eigenvalue weighted by molar-refractivity contribution is 5.92. The van der Waals surface area contributed by atoms with Crippen LogP contribution in [-0.2, 0) is 4.74 Å². The third-order valence-electron chi connectivity index (χ3n) is 4.02. The predicted molar refractivity (Wildman–Crippen MR) is 74.2 cm³/mol. The molecule has 1 heterocycles. The SMILES string of the molecule is CNC(=O)c1cc(NC2CC(OC)C2(C)C)ccn1. The first-order valence-electron chi connectivity index (χ1n) is 6.46. The Hall–Kier alpha value is -1.62. The molecule has 0 radical (unpaired) electrons. The number of aromatic nitrogens is 1. The largest absolute Gasteiger partial charge is 0.381 e. The first kappa shape index (κ1) is 13.8. The van der Waals surface area contributed by atoms with E-state index in [9.17, 15) is 4.79 Å². The standard InChI is InChI=1S/C14H21N3O2/c1-14(2)11(8-12(14)19-4)17-9-5-6-16-10(7-9)13(18)15-3/h5-7,11-12H,8H2,1-4H3,(H,15,18)(H,16,17). The smallest absolute Gasteiger partial charge is 0.269 e. The van der Waals surface area contributed by atoms with Crippen LogP contribution in [0.2, 0.25) is 0 Å². The quantitative estimate of drug-likeness (QED) is 0.867. The molecule has 2 rings (SSSR count). The number of nitrogens with zero attached hydrogens (tertiary/aromatic N) is 1. The average molecular weight is 263 g/mol. The number of carbonyl (C=O) groups is 1. The van der Waals surface area contributed by atoms with Crippen LogP contribution in [0.15, 0.2) is 18.3 Å². The van der Waals surface area contributed by atoms with Gasteiger partial charge >= 0.3 is 0 Å². The van der Waals surface area contributed by atoms with Gasteiger partial charge in [-0.25, -0.2) is 0 Å². The Morgan fingerprint density at radius 3 is 2.84 bits per heavy atom. The lowest BCUT2D eigenvalue weighted by molar-refractivity contribution is -0.0794. The van der Waals surface area contributed by atoms with Gasteiger partial charge in [0.1, 0.15) is 5.69 Å². The number of anilines is 1. The second kappa shape index (κ2) is 5.17. The van der Waals surface area contributed by atoms with Crippen LogP contribution in [0.4, 0.5) is 5.69 Å². The molecular formula is C14H21N3O2. The van der Waals surface area contributed by atoms with Gasteiger partial charge < -0.3 is 15.4 Å². The Balaban J connectivity index is 2.07. The fourth-order valence-electron chi connectivity index (χ4n) is 2.50. The van der Waals surface area contributed by atoms with Crippen LogP contribution < -0.4 is 10.6 Å². The molecule has 1 saturated carbocycles. The highest BCUT2D eigenvalue weighted by Gasteiger charge is 2.48. The number of nitrogens with one attached hydrogen (secondary N) is 2. The first-order valence-corrected chi connectivity index (χ1v) is 6.46. The van der Waals surface area contributed by atoms with Crippen LogP contribution >= 0.6 is 0 Å². The second-order valence-corrected chi connectivity index (χ2v) is 5.49. The predicted octanol–water partition coefficient (Wildman–Crippen LogP) is 1.67. The van der Waals surface area contributed by atoms with E-state index in [0.717, 1.165) is 12.1 Å². The first-order chi connectivity index (χ1) is 8.98. The minimum atomic E-state index is -0.175. The second-order valence-electron chi connectivity index (χ2n) is 5.49. The van der Waals surface area contributed by atoms with E-state index >= 15 is 0 Å². The molecule has 2 unspecified atom stereocenters. The maximum atomic E-state index is 11.5. The number of methoxy groups -OCH3 is 1. The van der Waals surface area contributed by atoms with Gasteiger partial charge in [0, 0.05) is 37.5 Å². The highest BCUT2D eigenvalue weighted by Crippen LogP contribution is 2.43. The molecule has 19 heavy (non-hydrogen) atoms. The summed E-state index contributed by atoms with van der Waals surface area (Å²) in [6.07, 6.45) is 2.90. The van der Waals surface area contributed by atoms with Gasteiger partial charge in [-0.3, -0.25) is 9.78 Å². The summed E-state index contributed by atoms with van der Waals surface area (Å²) in [6.45, 7) is 4.37. The Bertz CT molecular complexity index is 474. The monoisotopic (exact) mass is 263 g/mol. The summed E-state index contributed by atoms with van der Waals surface area (Å²) in [5, 5.41) is 6.03.